The summed E-state index contributed by atoms with van der Waals surface area (Å²) in [6.07, 6.45) is 2.40. The van der Waals surface area contributed by atoms with E-state index in [9.17, 15) is 0 Å². The maximum atomic E-state index is 3.74. The minimum atomic E-state index is -1.83. The smallest absolute Gasteiger partial charge is 0.142 e. The fourth-order valence-corrected chi connectivity index (χ4v) is 8.25. The van der Waals surface area contributed by atoms with Crippen molar-refractivity contribution in [1.29, 1.82) is 0 Å². The van der Waals surface area contributed by atoms with Crippen LogP contribution in [-0.4, -0.2) is 14.1 Å². The van der Waals surface area contributed by atoms with E-state index in [0.29, 0.717) is 6.04 Å². The van der Waals surface area contributed by atoms with Gasteiger partial charge in [-0.25, -0.2) is 0 Å². The normalized spacial score (nSPS) is 18.3. The number of nitrogens with one attached hydrogen (secondary N) is 1. The van der Waals surface area contributed by atoms with Crippen molar-refractivity contribution in [3.05, 3.63) is 108 Å². The van der Waals surface area contributed by atoms with Gasteiger partial charge in [0.2, 0.25) is 0 Å². The molecule has 3 aromatic rings. The topological polar surface area (TPSA) is 12.0 Å². The fraction of sp³-hybridized carbons (Fsp3) is 0.130. The summed E-state index contributed by atoms with van der Waals surface area (Å²) in [4.78, 5) is 0. The summed E-state index contributed by atoms with van der Waals surface area (Å²) in [5, 5.41) is 6.74. The molecule has 0 spiro atoms. The van der Waals surface area contributed by atoms with Gasteiger partial charge in [-0.2, -0.15) is 0 Å². The molecule has 1 heterocycles. The Kier molecular flexibility index (Phi) is 4.64. The Morgan fingerprint density at radius 1 is 0.720 bits per heavy atom. The van der Waals surface area contributed by atoms with Crippen LogP contribution in [0.15, 0.2) is 103 Å². The molecular weight excluding hydrogens is 318 g/mol. The maximum Gasteiger partial charge on any atom is 0.142 e. The molecule has 124 valence electrons. The average molecular weight is 342 g/mol. The van der Waals surface area contributed by atoms with Crippen molar-refractivity contribution < 1.29 is 0 Å². The van der Waals surface area contributed by atoms with Crippen LogP contribution in [0.5, 0.6) is 0 Å². The number of hydrogen-bond donors (Lipinski definition) is 1. The average Bonchev–Trinajstić information content (AvgIpc) is 3.14. The molecule has 1 atom stereocenters. The van der Waals surface area contributed by atoms with Crippen molar-refractivity contribution in [2.24, 2.45) is 0 Å². The molecular formula is C23H23NSi. The summed E-state index contributed by atoms with van der Waals surface area (Å²) < 4.78 is 0. The first kappa shape index (κ1) is 16.1. The highest BCUT2D eigenvalue weighted by molar-refractivity contribution is 7.06. The third kappa shape index (κ3) is 3.36. The molecule has 0 bridgehead atoms. The van der Waals surface area contributed by atoms with Gasteiger partial charge in [0, 0.05) is 12.6 Å². The van der Waals surface area contributed by atoms with E-state index < -0.39 is 8.07 Å². The second-order valence-electron chi connectivity index (χ2n) is 6.74. The Labute approximate surface area is 151 Å². The highest BCUT2D eigenvalue weighted by atomic mass is 28.3. The number of benzene rings is 3. The lowest BCUT2D eigenvalue weighted by molar-refractivity contribution is 0.636. The third-order valence-corrected chi connectivity index (χ3v) is 9.72. The summed E-state index contributed by atoms with van der Waals surface area (Å²) in [6.45, 7) is 0.921. The van der Waals surface area contributed by atoms with Gasteiger partial charge in [-0.3, -0.25) is 0 Å². The molecule has 1 aliphatic rings. The van der Waals surface area contributed by atoms with Gasteiger partial charge < -0.3 is 5.32 Å². The second kappa shape index (κ2) is 7.22. The van der Waals surface area contributed by atoms with Gasteiger partial charge in [0.05, 0.1) is 0 Å². The standard InChI is InChI=1S/C23H23NSi/c1-4-10-20(11-5-1)18-24-21-16-17-25(19-21,22-12-6-2-7-13-22)23-14-8-3-9-15-23/h1-17,21,24H,18-19H2. The molecule has 1 unspecified atom stereocenters. The molecule has 1 nitrogen and oxygen atoms in total. The highest BCUT2D eigenvalue weighted by Crippen LogP contribution is 2.23. The van der Waals surface area contributed by atoms with Crippen molar-refractivity contribution >= 4 is 18.4 Å². The van der Waals surface area contributed by atoms with Crippen LogP contribution in [-0.2, 0) is 6.54 Å². The first-order chi connectivity index (χ1) is 12.4. The zero-order valence-electron chi connectivity index (χ0n) is 14.3. The van der Waals surface area contributed by atoms with E-state index in [1.54, 1.807) is 0 Å². The Balaban J connectivity index is 1.58. The van der Waals surface area contributed by atoms with Crippen LogP contribution in [0.1, 0.15) is 5.56 Å². The highest BCUT2D eigenvalue weighted by Gasteiger charge is 2.40. The number of rotatable bonds is 5. The quantitative estimate of drug-likeness (QED) is 0.700. The van der Waals surface area contributed by atoms with Crippen molar-refractivity contribution in [3.8, 4) is 0 Å². The van der Waals surface area contributed by atoms with Gasteiger partial charge in [-0.1, -0.05) is 103 Å². The van der Waals surface area contributed by atoms with Gasteiger partial charge in [0.25, 0.3) is 0 Å². The molecule has 1 N–H and O–H groups in total. The summed E-state index contributed by atoms with van der Waals surface area (Å²) in [5.41, 5.74) is 3.87. The van der Waals surface area contributed by atoms with Crippen molar-refractivity contribution in [2.75, 3.05) is 0 Å². The van der Waals surface area contributed by atoms with E-state index in [1.165, 1.54) is 22.0 Å². The Bertz CT molecular complexity index is 788. The van der Waals surface area contributed by atoms with Gasteiger partial charge >= 0.3 is 0 Å². The fourth-order valence-electron chi connectivity index (χ4n) is 3.81. The lowest BCUT2D eigenvalue weighted by Gasteiger charge is -2.28. The third-order valence-electron chi connectivity index (χ3n) is 5.14. The second-order valence-corrected chi connectivity index (χ2v) is 10.6. The molecule has 0 aliphatic carbocycles. The predicted octanol–water partition coefficient (Wildman–Crippen LogP) is 3.52. The molecule has 0 aromatic heterocycles. The largest absolute Gasteiger partial charge is 0.307 e. The Hall–Kier alpha value is -2.42. The molecule has 0 saturated heterocycles. The molecule has 3 aromatic carbocycles. The lowest BCUT2D eigenvalue weighted by atomic mass is 10.2. The zero-order valence-corrected chi connectivity index (χ0v) is 15.3. The zero-order chi connectivity index (χ0) is 17.0. The first-order valence-electron chi connectivity index (χ1n) is 8.94. The minimum Gasteiger partial charge on any atom is -0.307 e. The molecule has 0 amide bonds. The van der Waals surface area contributed by atoms with Crippen LogP contribution in [0, 0.1) is 0 Å². The van der Waals surface area contributed by atoms with Crippen LogP contribution in [0.3, 0.4) is 0 Å². The Morgan fingerprint density at radius 3 is 1.80 bits per heavy atom. The van der Waals surface area contributed by atoms with E-state index in [-0.39, 0.29) is 0 Å². The van der Waals surface area contributed by atoms with Gasteiger partial charge in [-0.05, 0) is 22.0 Å². The predicted molar refractivity (Wildman–Crippen MR) is 109 cm³/mol. The van der Waals surface area contributed by atoms with Crippen molar-refractivity contribution in [2.45, 2.75) is 18.6 Å². The van der Waals surface area contributed by atoms with E-state index in [1.807, 2.05) is 0 Å². The monoisotopic (exact) mass is 341 g/mol. The summed E-state index contributed by atoms with van der Waals surface area (Å²) >= 11 is 0. The molecule has 0 fully saturated rings. The van der Waals surface area contributed by atoms with Crippen LogP contribution < -0.4 is 15.7 Å². The molecule has 0 radical (unpaired) electrons. The van der Waals surface area contributed by atoms with E-state index >= 15 is 0 Å². The van der Waals surface area contributed by atoms with E-state index in [4.69, 9.17) is 0 Å². The van der Waals surface area contributed by atoms with Crippen LogP contribution in [0.4, 0.5) is 0 Å². The summed E-state index contributed by atoms with van der Waals surface area (Å²) in [5.74, 6) is 0. The molecule has 25 heavy (non-hydrogen) atoms. The summed E-state index contributed by atoms with van der Waals surface area (Å²) in [6, 6.07) is 34.4. The molecule has 4 rings (SSSR count). The molecule has 0 saturated carbocycles. The number of hydrogen-bond acceptors (Lipinski definition) is 1. The summed E-state index contributed by atoms with van der Waals surface area (Å²) in [7, 11) is -1.83. The maximum absolute atomic E-state index is 3.74. The van der Waals surface area contributed by atoms with Crippen LogP contribution in [0.25, 0.3) is 0 Å². The SMILES string of the molecule is C1=C[Si](c2ccccc2)(c2ccccc2)CC1NCc1ccccc1. The van der Waals surface area contributed by atoms with Crippen LogP contribution in [0.2, 0.25) is 6.04 Å². The van der Waals surface area contributed by atoms with Crippen molar-refractivity contribution in [1.82, 2.24) is 5.32 Å². The first-order valence-corrected chi connectivity index (χ1v) is 11.2. The molecule has 1 aliphatic heterocycles. The Morgan fingerprint density at radius 2 is 1.24 bits per heavy atom. The van der Waals surface area contributed by atoms with Gasteiger partial charge in [0.1, 0.15) is 8.07 Å². The van der Waals surface area contributed by atoms with Crippen molar-refractivity contribution in [3.63, 3.8) is 0 Å². The van der Waals surface area contributed by atoms with Gasteiger partial charge in [-0.15, -0.1) is 0 Å². The molecule has 2 heteroatoms. The van der Waals surface area contributed by atoms with E-state index in [2.05, 4.69) is 108 Å². The van der Waals surface area contributed by atoms with Crippen LogP contribution >= 0.6 is 0 Å². The lowest BCUT2D eigenvalue weighted by Crippen LogP contribution is -2.57. The minimum absolute atomic E-state index is 0.437. The van der Waals surface area contributed by atoms with Gasteiger partial charge in [0.15, 0.2) is 0 Å². The van der Waals surface area contributed by atoms with E-state index in [0.717, 1.165) is 6.54 Å².